The Balaban J connectivity index is 1.71. The van der Waals surface area contributed by atoms with Crippen LogP contribution in [0.2, 0.25) is 0 Å². The largest absolute Gasteiger partial charge is 0.353 e. The Morgan fingerprint density at radius 2 is 2.16 bits per heavy atom. The third-order valence-corrected chi connectivity index (χ3v) is 3.60. The Morgan fingerprint density at radius 1 is 1.37 bits per heavy atom. The first-order valence-electron chi connectivity index (χ1n) is 6.95. The van der Waals surface area contributed by atoms with Crippen LogP contribution in [0.5, 0.6) is 0 Å². The molecular formula is C16H20FNO. The van der Waals surface area contributed by atoms with Crippen LogP contribution in [0.25, 0.3) is 6.08 Å². The predicted molar refractivity (Wildman–Crippen MR) is 75.0 cm³/mol. The van der Waals surface area contributed by atoms with Crippen molar-refractivity contribution in [3.8, 4) is 0 Å². The number of nitrogens with one attached hydrogen (secondary N) is 1. The molecule has 1 N–H and O–H groups in total. The van der Waals surface area contributed by atoms with Crippen molar-refractivity contribution in [2.45, 2.75) is 32.1 Å². The molecule has 0 radical (unpaired) electrons. The van der Waals surface area contributed by atoms with Gasteiger partial charge in [-0.2, -0.15) is 0 Å². The number of hydrogen-bond acceptors (Lipinski definition) is 1. The van der Waals surface area contributed by atoms with E-state index in [1.807, 2.05) is 0 Å². The van der Waals surface area contributed by atoms with Crippen LogP contribution >= 0.6 is 0 Å². The number of halogens is 1. The molecule has 0 unspecified atom stereocenters. The van der Waals surface area contributed by atoms with Crippen molar-refractivity contribution < 1.29 is 9.18 Å². The molecule has 1 amide bonds. The summed E-state index contributed by atoms with van der Waals surface area (Å²) in [5.74, 6) is 0.388. The average Bonchev–Trinajstić information content (AvgIpc) is 2.90. The summed E-state index contributed by atoms with van der Waals surface area (Å²) >= 11 is 0. The van der Waals surface area contributed by atoms with E-state index in [1.54, 1.807) is 18.2 Å². The van der Waals surface area contributed by atoms with Crippen LogP contribution in [0.15, 0.2) is 30.3 Å². The van der Waals surface area contributed by atoms with Gasteiger partial charge in [-0.1, -0.05) is 37.8 Å². The van der Waals surface area contributed by atoms with Crippen molar-refractivity contribution in [3.63, 3.8) is 0 Å². The van der Waals surface area contributed by atoms with Gasteiger partial charge in [-0.3, -0.25) is 4.79 Å². The van der Waals surface area contributed by atoms with Gasteiger partial charge in [-0.05, 0) is 36.1 Å². The first-order chi connectivity index (χ1) is 9.24. The van der Waals surface area contributed by atoms with Gasteiger partial charge in [0, 0.05) is 12.6 Å². The van der Waals surface area contributed by atoms with Gasteiger partial charge in [0.25, 0.3) is 0 Å². The normalized spacial score (nSPS) is 16.1. The first kappa shape index (κ1) is 13.8. The lowest BCUT2D eigenvalue weighted by atomic mass is 10.0. The predicted octanol–water partition coefficient (Wildman–Crippen LogP) is 3.54. The van der Waals surface area contributed by atoms with E-state index < -0.39 is 0 Å². The molecule has 1 aromatic carbocycles. The fourth-order valence-electron chi connectivity index (χ4n) is 2.54. The number of amides is 1. The zero-order valence-electron chi connectivity index (χ0n) is 11.1. The molecule has 1 aliphatic rings. The van der Waals surface area contributed by atoms with Crippen LogP contribution in [0.3, 0.4) is 0 Å². The van der Waals surface area contributed by atoms with E-state index in [1.165, 1.54) is 43.9 Å². The second kappa shape index (κ2) is 7.07. The Hall–Kier alpha value is -1.64. The quantitative estimate of drug-likeness (QED) is 0.807. The summed E-state index contributed by atoms with van der Waals surface area (Å²) in [5, 5.41) is 2.87. The molecule has 1 aromatic rings. The van der Waals surface area contributed by atoms with Gasteiger partial charge >= 0.3 is 0 Å². The fourth-order valence-corrected chi connectivity index (χ4v) is 2.54. The van der Waals surface area contributed by atoms with Crippen LogP contribution in [0.4, 0.5) is 4.39 Å². The topological polar surface area (TPSA) is 29.1 Å². The molecular weight excluding hydrogens is 241 g/mol. The zero-order chi connectivity index (χ0) is 13.5. The van der Waals surface area contributed by atoms with Crippen LogP contribution < -0.4 is 5.32 Å². The van der Waals surface area contributed by atoms with Gasteiger partial charge in [0.2, 0.25) is 5.91 Å². The minimum absolute atomic E-state index is 0.109. The first-order valence-corrected chi connectivity index (χ1v) is 6.95. The highest BCUT2D eigenvalue weighted by Gasteiger charge is 2.14. The molecule has 0 atom stereocenters. The van der Waals surface area contributed by atoms with Crippen LogP contribution in [-0.2, 0) is 4.79 Å². The molecule has 2 rings (SSSR count). The monoisotopic (exact) mass is 261 g/mol. The number of benzene rings is 1. The molecule has 1 aliphatic carbocycles. The van der Waals surface area contributed by atoms with Crippen molar-refractivity contribution in [2.75, 3.05) is 6.54 Å². The Labute approximate surface area is 113 Å². The fraction of sp³-hybridized carbons (Fsp3) is 0.438. The smallest absolute Gasteiger partial charge is 0.243 e. The molecule has 0 aliphatic heterocycles. The summed E-state index contributed by atoms with van der Waals surface area (Å²) in [6.45, 7) is 0.733. The minimum Gasteiger partial charge on any atom is -0.353 e. The maximum atomic E-state index is 12.9. The zero-order valence-corrected chi connectivity index (χ0v) is 11.1. The SMILES string of the molecule is O=C(/C=C/c1cccc(F)c1)NCCC1CCCC1. The maximum Gasteiger partial charge on any atom is 0.243 e. The van der Waals surface area contributed by atoms with E-state index in [4.69, 9.17) is 0 Å². The standard InChI is InChI=1S/C16H20FNO/c17-15-7-3-6-14(12-15)8-9-16(19)18-11-10-13-4-1-2-5-13/h3,6-9,12-13H,1-2,4-5,10-11H2,(H,18,19)/b9-8+. The summed E-state index contributed by atoms with van der Waals surface area (Å²) < 4.78 is 12.9. The van der Waals surface area contributed by atoms with E-state index in [0.29, 0.717) is 5.56 Å². The molecule has 102 valence electrons. The van der Waals surface area contributed by atoms with Gasteiger partial charge < -0.3 is 5.32 Å². The Kier molecular flexibility index (Phi) is 5.13. The summed E-state index contributed by atoms with van der Waals surface area (Å²) in [7, 11) is 0. The molecule has 0 aromatic heterocycles. The molecule has 3 heteroatoms. The summed E-state index contributed by atoms with van der Waals surface area (Å²) in [6, 6.07) is 6.19. The van der Waals surface area contributed by atoms with Gasteiger partial charge in [0.05, 0.1) is 0 Å². The van der Waals surface area contributed by atoms with Crippen molar-refractivity contribution in [3.05, 3.63) is 41.7 Å². The van der Waals surface area contributed by atoms with Crippen LogP contribution in [0, 0.1) is 11.7 Å². The van der Waals surface area contributed by atoms with Gasteiger partial charge in [0.15, 0.2) is 0 Å². The highest BCUT2D eigenvalue weighted by molar-refractivity contribution is 5.91. The third kappa shape index (κ3) is 4.86. The molecule has 19 heavy (non-hydrogen) atoms. The van der Waals surface area contributed by atoms with Crippen molar-refractivity contribution in [1.82, 2.24) is 5.32 Å². The summed E-state index contributed by atoms with van der Waals surface area (Å²) in [4.78, 5) is 11.6. The highest BCUT2D eigenvalue weighted by Crippen LogP contribution is 2.26. The second-order valence-electron chi connectivity index (χ2n) is 5.12. The maximum absolute atomic E-state index is 12.9. The summed E-state index contributed by atoms with van der Waals surface area (Å²) in [5.41, 5.74) is 0.700. The molecule has 1 saturated carbocycles. The number of carbonyl (C=O) groups is 1. The van der Waals surface area contributed by atoms with E-state index in [2.05, 4.69) is 5.32 Å². The van der Waals surface area contributed by atoms with Crippen molar-refractivity contribution in [1.29, 1.82) is 0 Å². The lowest BCUT2D eigenvalue weighted by Crippen LogP contribution is -2.23. The number of hydrogen-bond donors (Lipinski definition) is 1. The molecule has 2 nitrogen and oxygen atoms in total. The highest BCUT2D eigenvalue weighted by atomic mass is 19.1. The number of rotatable bonds is 5. The average molecular weight is 261 g/mol. The van der Waals surface area contributed by atoms with E-state index in [9.17, 15) is 9.18 Å². The van der Waals surface area contributed by atoms with Crippen LogP contribution in [0.1, 0.15) is 37.7 Å². The van der Waals surface area contributed by atoms with Gasteiger partial charge in [-0.15, -0.1) is 0 Å². The third-order valence-electron chi connectivity index (χ3n) is 3.60. The van der Waals surface area contributed by atoms with Crippen LogP contribution in [-0.4, -0.2) is 12.5 Å². The van der Waals surface area contributed by atoms with E-state index >= 15 is 0 Å². The summed E-state index contributed by atoms with van der Waals surface area (Å²) in [6.07, 6.45) is 9.43. The van der Waals surface area contributed by atoms with Crippen molar-refractivity contribution in [2.24, 2.45) is 5.92 Å². The Morgan fingerprint density at radius 3 is 2.89 bits per heavy atom. The minimum atomic E-state index is -0.288. The Bertz CT molecular complexity index is 450. The van der Waals surface area contributed by atoms with Gasteiger partial charge in [-0.25, -0.2) is 4.39 Å². The molecule has 0 heterocycles. The molecule has 1 fully saturated rings. The lowest BCUT2D eigenvalue weighted by molar-refractivity contribution is -0.116. The molecule has 0 saturated heterocycles. The van der Waals surface area contributed by atoms with E-state index in [-0.39, 0.29) is 11.7 Å². The molecule has 0 spiro atoms. The number of carbonyl (C=O) groups excluding carboxylic acids is 1. The second-order valence-corrected chi connectivity index (χ2v) is 5.12. The lowest BCUT2D eigenvalue weighted by Gasteiger charge is -2.08. The molecule has 0 bridgehead atoms. The van der Waals surface area contributed by atoms with Crippen molar-refractivity contribution >= 4 is 12.0 Å². The van der Waals surface area contributed by atoms with E-state index in [0.717, 1.165) is 18.9 Å². The van der Waals surface area contributed by atoms with Gasteiger partial charge in [0.1, 0.15) is 5.82 Å².